The molecule has 1 aliphatic rings. The van der Waals surface area contributed by atoms with E-state index in [9.17, 15) is 5.11 Å². The second-order valence-electron chi connectivity index (χ2n) is 4.95. The summed E-state index contributed by atoms with van der Waals surface area (Å²) in [6, 6.07) is 7.33. The molecule has 1 aliphatic heterocycles. The van der Waals surface area contributed by atoms with Crippen molar-refractivity contribution in [3.8, 4) is 0 Å². The van der Waals surface area contributed by atoms with Crippen molar-refractivity contribution >= 4 is 5.69 Å². The number of aliphatic hydroxyl groups excluding tert-OH is 1. The second kappa shape index (κ2) is 6.34. The Morgan fingerprint density at radius 1 is 1.21 bits per heavy atom. The molecule has 3 atom stereocenters. The molecule has 0 spiro atoms. The van der Waals surface area contributed by atoms with Crippen molar-refractivity contribution in [2.75, 3.05) is 39.6 Å². The summed E-state index contributed by atoms with van der Waals surface area (Å²) in [5.41, 5.74) is 7.22. The average molecular weight is 266 g/mol. The van der Waals surface area contributed by atoms with E-state index in [1.807, 2.05) is 12.1 Å². The minimum Gasteiger partial charge on any atom is -0.399 e. The molecule has 19 heavy (non-hydrogen) atoms. The summed E-state index contributed by atoms with van der Waals surface area (Å²) in [6.45, 7) is 2.13. The molecule has 1 saturated heterocycles. The molecule has 0 saturated carbocycles. The van der Waals surface area contributed by atoms with Crippen molar-refractivity contribution in [1.82, 2.24) is 4.90 Å². The second-order valence-corrected chi connectivity index (χ2v) is 4.95. The van der Waals surface area contributed by atoms with E-state index >= 15 is 0 Å². The van der Waals surface area contributed by atoms with Gasteiger partial charge >= 0.3 is 0 Å². The van der Waals surface area contributed by atoms with E-state index in [-0.39, 0.29) is 12.2 Å². The summed E-state index contributed by atoms with van der Waals surface area (Å²) in [5.74, 6) is 0. The Hall–Kier alpha value is -1.14. The number of ether oxygens (including phenoxy) is 2. The predicted octanol–water partition coefficient (Wildman–Crippen LogP) is 0.648. The highest BCUT2D eigenvalue weighted by Crippen LogP contribution is 2.21. The molecule has 5 nitrogen and oxygen atoms in total. The number of hydrogen-bond acceptors (Lipinski definition) is 5. The molecule has 2 rings (SSSR count). The third-order valence-corrected chi connectivity index (χ3v) is 3.65. The summed E-state index contributed by atoms with van der Waals surface area (Å²) in [7, 11) is 3.38. The highest BCUT2D eigenvalue weighted by molar-refractivity contribution is 5.39. The molecule has 5 heteroatoms. The van der Waals surface area contributed by atoms with Gasteiger partial charge in [0.1, 0.15) is 0 Å². The number of benzene rings is 1. The van der Waals surface area contributed by atoms with E-state index < -0.39 is 6.10 Å². The molecule has 1 aromatic rings. The number of likely N-dealkylation sites (tertiary alicyclic amines) is 1. The van der Waals surface area contributed by atoms with Crippen molar-refractivity contribution in [3.63, 3.8) is 0 Å². The molecule has 1 heterocycles. The lowest BCUT2D eigenvalue weighted by atomic mass is 10.1. The summed E-state index contributed by atoms with van der Waals surface area (Å²) < 4.78 is 10.8. The van der Waals surface area contributed by atoms with Crippen LogP contribution >= 0.6 is 0 Å². The van der Waals surface area contributed by atoms with Gasteiger partial charge in [0.2, 0.25) is 0 Å². The van der Waals surface area contributed by atoms with E-state index in [4.69, 9.17) is 15.2 Å². The van der Waals surface area contributed by atoms with Crippen LogP contribution in [0.4, 0.5) is 5.69 Å². The first-order chi connectivity index (χ1) is 9.13. The fourth-order valence-electron chi connectivity index (χ4n) is 2.49. The molecule has 0 amide bonds. The first-order valence-corrected chi connectivity index (χ1v) is 6.45. The van der Waals surface area contributed by atoms with Gasteiger partial charge in [-0.3, -0.25) is 4.90 Å². The van der Waals surface area contributed by atoms with Gasteiger partial charge in [-0.1, -0.05) is 12.1 Å². The van der Waals surface area contributed by atoms with Crippen LogP contribution in [-0.2, 0) is 9.47 Å². The predicted molar refractivity (Wildman–Crippen MR) is 73.8 cm³/mol. The quantitative estimate of drug-likeness (QED) is 0.766. The topological polar surface area (TPSA) is 68.0 Å². The van der Waals surface area contributed by atoms with Gasteiger partial charge in [-0.25, -0.2) is 0 Å². The van der Waals surface area contributed by atoms with Crippen molar-refractivity contribution in [1.29, 1.82) is 0 Å². The van der Waals surface area contributed by atoms with Crippen LogP contribution in [0.5, 0.6) is 0 Å². The zero-order chi connectivity index (χ0) is 13.8. The zero-order valence-corrected chi connectivity index (χ0v) is 11.5. The molecule has 0 aliphatic carbocycles. The fraction of sp³-hybridized carbons (Fsp3) is 0.571. The Kier molecular flexibility index (Phi) is 4.76. The number of rotatable bonds is 5. The molecule has 0 bridgehead atoms. The Morgan fingerprint density at radius 2 is 1.74 bits per heavy atom. The Bertz CT molecular complexity index is 384. The molecule has 1 aromatic carbocycles. The molecule has 0 aromatic heterocycles. The lowest BCUT2D eigenvalue weighted by Gasteiger charge is -2.20. The van der Waals surface area contributed by atoms with Crippen LogP contribution in [0.1, 0.15) is 11.7 Å². The van der Waals surface area contributed by atoms with Gasteiger partial charge in [-0.2, -0.15) is 0 Å². The summed E-state index contributed by atoms with van der Waals surface area (Å²) >= 11 is 0. The minimum atomic E-state index is -0.520. The van der Waals surface area contributed by atoms with Crippen molar-refractivity contribution < 1.29 is 14.6 Å². The SMILES string of the molecule is COC1CN(CC(O)c2ccc(N)cc2)CC1OC. The Balaban J connectivity index is 1.93. The Labute approximate surface area is 113 Å². The molecule has 0 radical (unpaired) electrons. The van der Waals surface area contributed by atoms with E-state index in [0.29, 0.717) is 12.2 Å². The number of β-amino-alcohol motifs (C(OH)–C–C–N with tert-alkyl or cyclic N) is 1. The largest absolute Gasteiger partial charge is 0.399 e. The van der Waals surface area contributed by atoms with Gasteiger partial charge < -0.3 is 20.3 Å². The van der Waals surface area contributed by atoms with Crippen molar-refractivity contribution in [2.24, 2.45) is 0 Å². The highest BCUT2D eigenvalue weighted by Gasteiger charge is 2.33. The van der Waals surface area contributed by atoms with Gasteiger partial charge in [-0.05, 0) is 17.7 Å². The molecule has 3 N–H and O–H groups in total. The van der Waals surface area contributed by atoms with E-state index in [0.717, 1.165) is 18.7 Å². The highest BCUT2D eigenvalue weighted by atomic mass is 16.5. The maximum absolute atomic E-state index is 10.2. The normalized spacial score (nSPS) is 25.6. The van der Waals surface area contributed by atoms with Crippen LogP contribution in [0.25, 0.3) is 0 Å². The monoisotopic (exact) mass is 266 g/mol. The number of anilines is 1. The minimum absolute atomic E-state index is 0.0728. The van der Waals surface area contributed by atoms with E-state index in [1.165, 1.54) is 0 Å². The number of hydrogen-bond donors (Lipinski definition) is 2. The lowest BCUT2D eigenvalue weighted by molar-refractivity contribution is -0.00461. The number of methoxy groups -OCH3 is 2. The number of nitrogens with two attached hydrogens (primary N) is 1. The van der Waals surface area contributed by atoms with Gasteiger partial charge in [0.05, 0.1) is 18.3 Å². The van der Waals surface area contributed by atoms with E-state index in [2.05, 4.69) is 4.90 Å². The third kappa shape index (κ3) is 3.45. The number of nitrogen functional groups attached to an aromatic ring is 1. The summed E-state index contributed by atoms with van der Waals surface area (Å²) in [6.07, 6.45) is -0.374. The smallest absolute Gasteiger partial charge is 0.0971 e. The van der Waals surface area contributed by atoms with Crippen LogP contribution in [-0.4, -0.2) is 56.1 Å². The maximum atomic E-state index is 10.2. The van der Waals surface area contributed by atoms with Crippen LogP contribution in [0.3, 0.4) is 0 Å². The van der Waals surface area contributed by atoms with E-state index in [1.54, 1.807) is 26.4 Å². The average Bonchev–Trinajstić information content (AvgIpc) is 2.81. The van der Waals surface area contributed by atoms with Gasteiger partial charge in [0, 0.05) is 39.5 Å². The molecule has 106 valence electrons. The molecule has 1 fully saturated rings. The van der Waals surface area contributed by atoms with Crippen LogP contribution in [0, 0.1) is 0 Å². The van der Waals surface area contributed by atoms with Gasteiger partial charge in [0.25, 0.3) is 0 Å². The first-order valence-electron chi connectivity index (χ1n) is 6.45. The zero-order valence-electron chi connectivity index (χ0n) is 11.5. The maximum Gasteiger partial charge on any atom is 0.0971 e. The molecular weight excluding hydrogens is 244 g/mol. The third-order valence-electron chi connectivity index (χ3n) is 3.65. The standard InChI is InChI=1S/C14H22N2O3/c1-18-13-8-16(9-14(13)19-2)7-12(17)10-3-5-11(15)6-4-10/h3-6,12-14,17H,7-9,15H2,1-2H3. The van der Waals surface area contributed by atoms with Gasteiger partial charge in [0.15, 0.2) is 0 Å². The number of aliphatic hydroxyl groups is 1. The van der Waals surface area contributed by atoms with Gasteiger partial charge in [-0.15, -0.1) is 0 Å². The molecular formula is C14H22N2O3. The van der Waals surface area contributed by atoms with Crippen molar-refractivity contribution in [3.05, 3.63) is 29.8 Å². The molecule has 3 unspecified atom stereocenters. The Morgan fingerprint density at radius 3 is 2.21 bits per heavy atom. The summed E-state index contributed by atoms with van der Waals surface area (Å²) in [5, 5.41) is 10.2. The fourth-order valence-corrected chi connectivity index (χ4v) is 2.49. The van der Waals surface area contributed by atoms with Crippen LogP contribution in [0.2, 0.25) is 0 Å². The van der Waals surface area contributed by atoms with Crippen LogP contribution in [0.15, 0.2) is 24.3 Å². The number of nitrogens with zero attached hydrogens (tertiary/aromatic N) is 1. The first kappa shape index (κ1) is 14.3. The lowest BCUT2D eigenvalue weighted by Crippen LogP contribution is -2.27. The summed E-state index contributed by atoms with van der Waals surface area (Å²) in [4.78, 5) is 2.16. The van der Waals surface area contributed by atoms with Crippen molar-refractivity contribution in [2.45, 2.75) is 18.3 Å². The van der Waals surface area contributed by atoms with Crippen LogP contribution < -0.4 is 5.73 Å².